The summed E-state index contributed by atoms with van der Waals surface area (Å²) in [7, 11) is 0. The number of rotatable bonds is 1. The molecule has 1 saturated heterocycles. The second kappa shape index (κ2) is 3.45. The van der Waals surface area contributed by atoms with Gasteiger partial charge in [-0.05, 0) is 13.0 Å². The average Bonchev–Trinajstić information content (AvgIpc) is 2.04. The molecule has 0 amide bonds. The highest BCUT2D eigenvalue weighted by Gasteiger charge is 2.29. The predicted molar refractivity (Wildman–Crippen MR) is 36.3 cm³/mol. The van der Waals surface area contributed by atoms with Crippen molar-refractivity contribution in [1.29, 1.82) is 0 Å². The fourth-order valence-corrected chi connectivity index (χ4v) is 1.07. The Kier molecular flexibility index (Phi) is 2.56. The summed E-state index contributed by atoms with van der Waals surface area (Å²) in [5, 5.41) is 2.85. The van der Waals surface area contributed by atoms with Crippen molar-refractivity contribution in [3.8, 4) is 0 Å². The number of Topliss-reactive ketones (excluding diaryl/α,β-unsaturated/α-hetero) is 1. The van der Waals surface area contributed by atoms with E-state index in [1.54, 1.807) is 0 Å². The number of carbonyl (C=O) groups is 2. The first-order valence-corrected chi connectivity index (χ1v) is 3.39. The summed E-state index contributed by atoms with van der Waals surface area (Å²) >= 11 is 0. The number of hydrogen-bond acceptors (Lipinski definition) is 5. The Labute approximate surface area is 63.8 Å². The summed E-state index contributed by atoms with van der Waals surface area (Å²) in [6.07, 6.45) is 0.481. The summed E-state index contributed by atoms with van der Waals surface area (Å²) in [5.41, 5.74) is 0. The smallest absolute Gasteiger partial charge is 0.335 e. The van der Waals surface area contributed by atoms with Gasteiger partial charge in [-0.25, -0.2) is 4.79 Å². The molecule has 11 heavy (non-hydrogen) atoms. The van der Waals surface area contributed by atoms with Crippen LogP contribution in [0.1, 0.15) is 6.42 Å². The molecule has 0 saturated carbocycles. The van der Waals surface area contributed by atoms with Gasteiger partial charge < -0.3 is 10.2 Å². The molecule has 1 aliphatic heterocycles. The zero-order chi connectivity index (χ0) is 8.27. The van der Waals surface area contributed by atoms with Gasteiger partial charge in [0, 0.05) is 0 Å². The monoisotopic (exact) mass is 158 g/mol. The molecule has 0 radical (unpaired) electrons. The van der Waals surface area contributed by atoms with Crippen molar-refractivity contribution in [2.24, 2.45) is 11.8 Å². The maximum atomic E-state index is 11.0. The number of nitrogens with two attached hydrogens (primary N) is 1. The fourth-order valence-electron chi connectivity index (χ4n) is 1.07. The van der Waals surface area contributed by atoms with Gasteiger partial charge in [0.2, 0.25) is 0 Å². The fraction of sp³-hybridized carbons (Fsp3) is 0.667. The first-order chi connectivity index (χ1) is 5.25. The highest BCUT2D eigenvalue weighted by molar-refractivity contribution is 6.00. The van der Waals surface area contributed by atoms with Crippen LogP contribution in [0.3, 0.4) is 0 Å². The zero-order valence-electron chi connectivity index (χ0n) is 6.00. The van der Waals surface area contributed by atoms with Crippen molar-refractivity contribution in [2.45, 2.75) is 6.42 Å². The number of hydrogen-bond donors (Lipinski definition) is 2. The molecule has 3 N–H and O–H groups in total. The topological polar surface area (TPSA) is 81.4 Å². The van der Waals surface area contributed by atoms with Crippen LogP contribution in [0.4, 0.5) is 0 Å². The van der Waals surface area contributed by atoms with Crippen molar-refractivity contribution in [3.05, 3.63) is 0 Å². The van der Waals surface area contributed by atoms with Gasteiger partial charge in [-0.1, -0.05) is 0 Å². The van der Waals surface area contributed by atoms with E-state index < -0.39 is 11.9 Å². The van der Waals surface area contributed by atoms with Gasteiger partial charge in [-0.15, -0.1) is 0 Å². The predicted octanol–water partition coefficient (Wildman–Crippen LogP) is -1.42. The second-order valence-electron chi connectivity index (χ2n) is 2.42. The van der Waals surface area contributed by atoms with E-state index in [-0.39, 0.29) is 12.3 Å². The molecule has 1 aliphatic rings. The SMILES string of the molecule is NOC(=O)C1CCNCC1=O. The summed E-state index contributed by atoms with van der Waals surface area (Å²) in [6.45, 7) is 0.894. The molecule has 1 rings (SSSR count). The van der Waals surface area contributed by atoms with Crippen LogP contribution in [-0.4, -0.2) is 24.8 Å². The minimum Gasteiger partial charge on any atom is -0.373 e. The Morgan fingerprint density at radius 2 is 2.45 bits per heavy atom. The molecule has 0 aromatic rings. The molecule has 0 bridgehead atoms. The molecular formula is C6H10N2O3. The van der Waals surface area contributed by atoms with E-state index in [0.29, 0.717) is 13.0 Å². The molecular weight excluding hydrogens is 148 g/mol. The molecule has 1 heterocycles. The van der Waals surface area contributed by atoms with Crippen molar-refractivity contribution in [3.63, 3.8) is 0 Å². The normalized spacial score (nSPS) is 24.8. The molecule has 0 aromatic carbocycles. The molecule has 1 unspecified atom stereocenters. The van der Waals surface area contributed by atoms with E-state index >= 15 is 0 Å². The quantitative estimate of drug-likeness (QED) is 0.361. The summed E-state index contributed by atoms with van der Waals surface area (Å²) < 4.78 is 0. The Balaban J connectivity index is 2.54. The van der Waals surface area contributed by atoms with Crippen LogP contribution in [0, 0.1) is 5.92 Å². The molecule has 0 spiro atoms. The first-order valence-electron chi connectivity index (χ1n) is 3.39. The summed E-state index contributed by atoms with van der Waals surface area (Å²) in [4.78, 5) is 25.7. The largest absolute Gasteiger partial charge is 0.373 e. The lowest BCUT2D eigenvalue weighted by molar-refractivity contribution is -0.153. The van der Waals surface area contributed by atoms with Crippen LogP contribution in [0.2, 0.25) is 0 Å². The molecule has 0 aromatic heterocycles. The van der Waals surface area contributed by atoms with Gasteiger partial charge >= 0.3 is 5.97 Å². The number of ketones is 1. The molecule has 62 valence electrons. The molecule has 5 nitrogen and oxygen atoms in total. The maximum absolute atomic E-state index is 11.0. The maximum Gasteiger partial charge on any atom is 0.335 e. The zero-order valence-corrected chi connectivity index (χ0v) is 6.00. The average molecular weight is 158 g/mol. The van der Waals surface area contributed by atoms with Crippen LogP contribution in [0.5, 0.6) is 0 Å². The van der Waals surface area contributed by atoms with Gasteiger partial charge in [0.15, 0.2) is 5.78 Å². The van der Waals surface area contributed by atoms with Gasteiger partial charge in [-0.3, -0.25) is 4.79 Å². The third-order valence-electron chi connectivity index (χ3n) is 1.70. The van der Waals surface area contributed by atoms with E-state index in [0.717, 1.165) is 0 Å². The standard InChI is InChI=1S/C6H10N2O3/c7-11-6(10)4-1-2-8-3-5(4)9/h4,8H,1-3,7H2. The van der Waals surface area contributed by atoms with Crippen molar-refractivity contribution in [1.82, 2.24) is 5.32 Å². The number of piperidine rings is 1. The summed E-state index contributed by atoms with van der Waals surface area (Å²) in [6, 6.07) is 0. The van der Waals surface area contributed by atoms with Crippen molar-refractivity contribution < 1.29 is 14.4 Å². The minimum atomic E-state index is -0.652. The van der Waals surface area contributed by atoms with Gasteiger partial charge in [0.25, 0.3) is 0 Å². The highest BCUT2D eigenvalue weighted by Crippen LogP contribution is 2.08. The Morgan fingerprint density at radius 3 is 3.00 bits per heavy atom. The second-order valence-corrected chi connectivity index (χ2v) is 2.42. The van der Waals surface area contributed by atoms with Crippen molar-refractivity contribution >= 4 is 11.8 Å². The lowest BCUT2D eigenvalue weighted by atomic mass is 9.97. The van der Waals surface area contributed by atoms with Crippen LogP contribution in [0.25, 0.3) is 0 Å². The Hall–Kier alpha value is -0.940. The molecule has 0 aliphatic carbocycles. The molecule has 1 fully saturated rings. The van der Waals surface area contributed by atoms with E-state index in [4.69, 9.17) is 0 Å². The highest BCUT2D eigenvalue weighted by atomic mass is 16.7. The minimum absolute atomic E-state index is 0.147. The third-order valence-corrected chi connectivity index (χ3v) is 1.70. The van der Waals surface area contributed by atoms with E-state index in [1.165, 1.54) is 0 Å². The Morgan fingerprint density at radius 1 is 1.73 bits per heavy atom. The lowest BCUT2D eigenvalue weighted by Gasteiger charge is -2.18. The third kappa shape index (κ3) is 1.75. The van der Waals surface area contributed by atoms with Crippen LogP contribution in [-0.2, 0) is 14.4 Å². The molecule has 5 heteroatoms. The van der Waals surface area contributed by atoms with Gasteiger partial charge in [0.05, 0.1) is 6.54 Å². The Bertz CT molecular complexity index is 173. The molecule has 1 atom stereocenters. The first kappa shape index (κ1) is 8.16. The van der Waals surface area contributed by atoms with Gasteiger partial charge in [0.1, 0.15) is 5.92 Å². The number of nitrogens with one attached hydrogen (secondary N) is 1. The van der Waals surface area contributed by atoms with Crippen LogP contribution in [0.15, 0.2) is 0 Å². The lowest BCUT2D eigenvalue weighted by Crippen LogP contribution is -2.41. The van der Waals surface area contributed by atoms with Crippen LogP contribution >= 0.6 is 0 Å². The van der Waals surface area contributed by atoms with E-state index in [2.05, 4.69) is 16.1 Å². The number of carbonyl (C=O) groups excluding carboxylic acids is 2. The summed E-state index contributed by atoms with van der Waals surface area (Å²) in [5.74, 6) is 3.22. The van der Waals surface area contributed by atoms with Crippen LogP contribution < -0.4 is 11.2 Å². The van der Waals surface area contributed by atoms with Crippen molar-refractivity contribution in [2.75, 3.05) is 13.1 Å². The van der Waals surface area contributed by atoms with Gasteiger partial charge in [-0.2, -0.15) is 5.90 Å². The van der Waals surface area contributed by atoms with E-state index in [9.17, 15) is 9.59 Å². The van der Waals surface area contributed by atoms with E-state index in [1.807, 2.05) is 0 Å².